The van der Waals surface area contributed by atoms with Crippen LogP contribution < -0.4 is 16.2 Å². The van der Waals surface area contributed by atoms with Gasteiger partial charge in [-0.2, -0.15) is 10.2 Å². The molecule has 2 aromatic rings. The minimum Gasteiger partial charge on any atom is -0.314 e. The van der Waals surface area contributed by atoms with E-state index in [1.54, 1.807) is 6.07 Å². The summed E-state index contributed by atoms with van der Waals surface area (Å²) in [6, 6.07) is 5.42. The van der Waals surface area contributed by atoms with Crippen molar-refractivity contribution in [2.45, 2.75) is 91.3 Å². The van der Waals surface area contributed by atoms with Gasteiger partial charge in [0.2, 0.25) is 6.43 Å². The van der Waals surface area contributed by atoms with E-state index in [0.29, 0.717) is 34.9 Å². The van der Waals surface area contributed by atoms with E-state index >= 15 is 4.39 Å². The third-order valence-corrected chi connectivity index (χ3v) is 6.40. The molecule has 212 valence electrons. The Morgan fingerprint density at radius 3 is 2.55 bits per heavy atom. The highest BCUT2D eigenvalue weighted by Crippen LogP contribution is 2.28. The van der Waals surface area contributed by atoms with Crippen LogP contribution in [0, 0.1) is 18.7 Å². The molecular formula is C28H42F4N6. The Hall–Kier alpha value is -2.59. The van der Waals surface area contributed by atoms with Gasteiger partial charge in [0.25, 0.3) is 0 Å². The van der Waals surface area contributed by atoms with Crippen LogP contribution in [-0.4, -0.2) is 48.6 Å². The maximum atomic E-state index is 15.1. The van der Waals surface area contributed by atoms with Crippen LogP contribution in [-0.2, 0) is 0 Å². The maximum Gasteiger partial charge on any atom is 0.235 e. The van der Waals surface area contributed by atoms with E-state index in [-0.39, 0.29) is 12.1 Å². The van der Waals surface area contributed by atoms with Crippen molar-refractivity contribution >= 4 is 29.0 Å². The predicted octanol–water partition coefficient (Wildman–Crippen LogP) is 6.74. The molecule has 3 N–H and O–H groups in total. The molecule has 1 aromatic heterocycles. The van der Waals surface area contributed by atoms with Gasteiger partial charge in [-0.1, -0.05) is 26.2 Å². The van der Waals surface area contributed by atoms with Crippen LogP contribution in [0.1, 0.15) is 77.5 Å². The Labute approximate surface area is 223 Å². The van der Waals surface area contributed by atoms with Crippen LogP contribution in [0.3, 0.4) is 0 Å². The second-order valence-electron chi connectivity index (χ2n) is 10.7. The molecule has 0 aliphatic heterocycles. The van der Waals surface area contributed by atoms with E-state index in [1.807, 2.05) is 13.0 Å². The van der Waals surface area contributed by atoms with Crippen LogP contribution in [0.15, 0.2) is 28.4 Å². The minimum absolute atomic E-state index is 0.0584. The highest BCUT2D eigenvalue weighted by molar-refractivity contribution is 6.01. The lowest BCUT2D eigenvalue weighted by atomic mass is 10.00. The molecule has 1 heterocycles. The Balaban J connectivity index is 0.00000118. The zero-order chi connectivity index (χ0) is 28.5. The normalized spacial score (nSPS) is 18.7. The average Bonchev–Trinajstić information content (AvgIpc) is 3.01. The van der Waals surface area contributed by atoms with Crippen molar-refractivity contribution in [2.75, 3.05) is 18.1 Å². The Kier molecular flexibility index (Phi) is 12.1. The number of fused-ring (bicyclic) bond motifs is 1. The maximum absolute atomic E-state index is 15.1. The standard InChI is InChI=1S/C26H38F2N6.C2H4F2/c1-17-8-6-7-9-19(12-17)31-11-10-23(33-30-5)24-13-18(2)21-14-20(15-22(27)25(21)32-24)34(29)16-26(3,4)28;1-2(3)4/h13-15,17,19,31H,5-12,16,29H2,1-4H3;2H,1H3/b33-23+;. The van der Waals surface area contributed by atoms with Gasteiger partial charge >= 0.3 is 0 Å². The fourth-order valence-electron chi connectivity index (χ4n) is 4.74. The lowest BCUT2D eigenvalue weighted by Crippen LogP contribution is -2.40. The summed E-state index contributed by atoms with van der Waals surface area (Å²) in [6.07, 6.45) is 4.68. The molecule has 0 saturated heterocycles. The molecule has 2 unspecified atom stereocenters. The summed E-state index contributed by atoms with van der Waals surface area (Å²) in [5.41, 5.74) is 1.19. The van der Waals surface area contributed by atoms with Gasteiger partial charge < -0.3 is 10.3 Å². The second-order valence-corrected chi connectivity index (χ2v) is 10.7. The minimum atomic E-state index is -2.17. The number of rotatable bonds is 9. The number of pyridine rings is 1. The van der Waals surface area contributed by atoms with E-state index in [9.17, 15) is 13.2 Å². The first-order valence-electron chi connectivity index (χ1n) is 13.2. The topological polar surface area (TPSA) is 78.9 Å². The smallest absolute Gasteiger partial charge is 0.235 e. The molecule has 3 rings (SSSR count). The summed E-state index contributed by atoms with van der Waals surface area (Å²) in [5, 5.41) is 13.4. The Bertz CT molecular complexity index is 1080. The highest BCUT2D eigenvalue weighted by atomic mass is 19.3. The van der Waals surface area contributed by atoms with Crippen molar-refractivity contribution in [3.05, 3.63) is 35.3 Å². The molecule has 1 aromatic carbocycles. The summed E-state index contributed by atoms with van der Waals surface area (Å²) >= 11 is 0. The molecule has 38 heavy (non-hydrogen) atoms. The predicted molar refractivity (Wildman–Crippen MR) is 150 cm³/mol. The Morgan fingerprint density at radius 2 is 1.92 bits per heavy atom. The van der Waals surface area contributed by atoms with Gasteiger partial charge in [0.15, 0.2) is 5.82 Å². The van der Waals surface area contributed by atoms with Gasteiger partial charge in [-0.15, -0.1) is 0 Å². The molecule has 1 aliphatic carbocycles. The van der Waals surface area contributed by atoms with Crippen molar-refractivity contribution in [2.24, 2.45) is 22.0 Å². The van der Waals surface area contributed by atoms with Crippen molar-refractivity contribution in [1.29, 1.82) is 0 Å². The van der Waals surface area contributed by atoms with Gasteiger partial charge in [-0.25, -0.2) is 28.4 Å². The summed E-state index contributed by atoms with van der Waals surface area (Å²) in [7, 11) is 0. The van der Waals surface area contributed by atoms with Crippen LogP contribution >= 0.6 is 0 Å². The summed E-state index contributed by atoms with van der Waals surface area (Å²) in [5.74, 6) is 6.23. The number of nitrogens with zero attached hydrogens (tertiary/aromatic N) is 4. The van der Waals surface area contributed by atoms with Crippen molar-refractivity contribution in [3.63, 3.8) is 0 Å². The molecule has 0 radical (unpaired) electrons. The van der Waals surface area contributed by atoms with Gasteiger partial charge in [-0.05, 0) is 64.2 Å². The zero-order valence-corrected chi connectivity index (χ0v) is 23.2. The largest absolute Gasteiger partial charge is 0.314 e. The third-order valence-electron chi connectivity index (χ3n) is 6.40. The fraction of sp³-hybridized carbons (Fsp3) is 0.607. The lowest BCUT2D eigenvalue weighted by molar-refractivity contribution is 0.171. The van der Waals surface area contributed by atoms with Gasteiger partial charge in [0, 0.05) is 37.2 Å². The molecule has 2 atom stereocenters. The van der Waals surface area contributed by atoms with Crippen LogP contribution in [0.2, 0.25) is 0 Å². The van der Waals surface area contributed by atoms with Crippen molar-refractivity contribution in [3.8, 4) is 0 Å². The van der Waals surface area contributed by atoms with E-state index in [1.165, 1.54) is 57.0 Å². The quantitative estimate of drug-likeness (QED) is 0.122. The number of aromatic nitrogens is 1. The first kappa shape index (κ1) is 31.6. The van der Waals surface area contributed by atoms with Gasteiger partial charge in [0.1, 0.15) is 11.2 Å². The molecule has 0 bridgehead atoms. The number of hydrogen-bond donors (Lipinski definition) is 2. The molecule has 1 saturated carbocycles. The first-order valence-corrected chi connectivity index (χ1v) is 13.2. The van der Waals surface area contributed by atoms with E-state index in [4.69, 9.17) is 5.84 Å². The van der Waals surface area contributed by atoms with Crippen LogP contribution in [0.25, 0.3) is 10.9 Å². The van der Waals surface area contributed by atoms with E-state index < -0.39 is 17.9 Å². The highest BCUT2D eigenvalue weighted by Gasteiger charge is 2.21. The fourth-order valence-corrected chi connectivity index (χ4v) is 4.74. The zero-order valence-electron chi connectivity index (χ0n) is 23.2. The van der Waals surface area contributed by atoms with Crippen molar-refractivity contribution in [1.82, 2.24) is 10.3 Å². The number of anilines is 1. The number of nitrogens with one attached hydrogen (secondary N) is 1. The van der Waals surface area contributed by atoms with Gasteiger partial charge in [0.05, 0.1) is 23.6 Å². The monoisotopic (exact) mass is 538 g/mol. The molecule has 0 spiro atoms. The second kappa shape index (κ2) is 14.5. The van der Waals surface area contributed by atoms with Crippen LogP contribution in [0.4, 0.5) is 23.2 Å². The van der Waals surface area contributed by atoms with Crippen molar-refractivity contribution < 1.29 is 17.6 Å². The van der Waals surface area contributed by atoms with E-state index in [0.717, 1.165) is 24.9 Å². The molecule has 0 amide bonds. The lowest BCUT2D eigenvalue weighted by Gasteiger charge is -2.25. The molecular weight excluding hydrogens is 496 g/mol. The number of halogens is 4. The molecule has 1 aliphatic rings. The number of hydrazine groups is 1. The number of aryl methyl sites for hydroxylation is 1. The summed E-state index contributed by atoms with van der Waals surface area (Å²) in [6.45, 7) is 12.1. The molecule has 1 fully saturated rings. The van der Waals surface area contributed by atoms with E-state index in [2.05, 4.69) is 34.1 Å². The molecule has 6 nitrogen and oxygen atoms in total. The number of alkyl halides is 3. The SMILES string of the molecule is C=N/N=C(\CCNC1CCCCC(C)C1)c1cc(C)c2cc(N(N)CC(C)(C)F)cc(F)c2n1.CC(F)F. The number of hydrogen-bond acceptors (Lipinski definition) is 6. The third kappa shape index (κ3) is 10.3. The summed E-state index contributed by atoms with van der Waals surface area (Å²) < 4.78 is 49.8. The summed E-state index contributed by atoms with van der Waals surface area (Å²) in [4.78, 5) is 4.57. The Morgan fingerprint density at radius 1 is 1.26 bits per heavy atom. The number of benzene rings is 1. The number of nitrogens with two attached hydrogens (primary N) is 1. The molecule has 10 heteroatoms. The average molecular weight is 539 g/mol. The van der Waals surface area contributed by atoms with Crippen LogP contribution in [0.5, 0.6) is 0 Å². The first-order chi connectivity index (χ1) is 17.8. The van der Waals surface area contributed by atoms with Gasteiger partial charge in [-0.3, -0.25) is 0 Å².